The third-order valence-electron chi connectivity index (χ3n) is 4.64. The van der Waals surface area contributed by atoms with Crippen molar-refractivity contribution < 1.29 is 27.5 Å². The minimum atomic E-state index is -5.04. The van der Waals surface area contributed by atoms with Crippen molar-refractivity contribution in [2.24, 2.45) is 0 Å². The SMILES string of the molecule is N#C/C(=C\c1cccc(NC(=O)C(F)(F)F)c1)C(=O)Nc1cc(Cl)ccc1N1CCOCC1. The van der Waals surface area contributed by atoms with Crippen LogP contribution in [0.4, 0.5) is 30.2 Å². The second kappa shape index (κ2) is 10.4. The highest BCUT2D eigenvalue weighted by Crippen LogP contribution is 2.30. The monoisotopic (exact) mass is 478 g/mol. The van der Waals surface area contributed by atoms with Crippen molar-refractivity contribution in [2.45, 2.75) is 6.18 Å². The van der Waals surface area contributed by atoms with Gasteiger partial charge >= 0.3 is 12.1 Å². The molecule has 1 saturated heterocycles. The number of nitriles is 1. The van der Waals surface area contributed by atoms with Crippen LogP contribution in [-0.2, 0) is 14.3 Å². The van der Waals surface area contributed by atoms with Gasteiger partial charge in [-0.2, -0.15) is 18.4 Å². The second-order valence-electron chi connectivity index (χ2n) is 6.96. The molecular weight excluding hydrogens is 461 g/mol. The average molecular weight is 479 g/mol. The van der Waals surface area contributed by atoms with E-state index in [9.17, 15) is 28.0 Å². The van der Waals surface area contributed by atoms with Crippen LogP contribution in [0, 0.1) is 11.3 Å². The van der Waals surface area contributed by atoms with Gasteiger partial charge in [-0.15, -0.1) is 0 Å². The number of hydrogen-bond donors (Lipinski definition) is 2. The second-order valence-corrected chi connectivity index (χ2v) is 7.40. The minimum Gasteiger partial charge on any atom is -0.378 e. The fraction of sp³-hybridized carbons (Fsp3) is 0.227. The summed E-state index contributed by atoms with van der Waals surface area (Å²) >= 11 is 6.08. The summed E-state index contributed by atoms with van der Waals surface area (Å²) in [5.74, 6) is -2.85. The summed E-state index contributed by atoms with van der Waals surface area (Å²) in [4.78, 5) is 25.9. The van der Waals surface area contributed by atoms with Crippen LogP contribution in [0.1, 0.15) is 5.56 Å². The molecule has 0 bridgehead atoms. The number of alkyl halides is 3. The zero-order valence-electron chi connectivity index (χ0n) is 17.1. The fourth-order valence-corrected chi connectivity index (χ4v) is 3.27. The molecule has 0 aliphatic carbocycles. The van der Waals surface area contributed by atoms with Crippen LogP contribution >= 0.6 is 11.6 Å². The molecule has 2 aromatic carbocycles. The van der Waals surface area contributed by atoms with Gasteiger partial charge in [0.25, 0.3) is 5.91 Å². The molecule has 0 spiro atoms. The van der Waals surface area contributed by atoms with Gasteiger partial charge in [0.05, 0.1) is 24.6 Å². The van der Waals surface area contributed by atoms with Gasteiger partial charge in [0.15, 0.2) is 0 Å². The number of morpholine rings is 1. The van der Waals surface area contributed by atoms with Gasteiger partial charge in [0.1, 0.15) is 11.6 Å². The molecule has 11 heteroatoms. The Morgan fingerprint density at radius 3 is 2.52 bits per heavy atom. The van der Waals surface area contributed by atoms with Crippen LogP contribution in [-0.4, -0.2) is 44.3 Å². The molecule has 0 unspecified atom stereocenters. The number of carbonyl (C=O) groups is 2. The van der Waals surface area contributed by atoms with Crippen molar-refractivity contribution in [2.75, 3.05) is 41.8 Å². The number of hydrogen-bond acceptors (Lipinski definition) is 5. The molecule has 2 N–H and O–H groups in total. The third kappa shape index (κ3) is 6.47. The molecule has 33 heavy (non-hydrogen) atoms. The van der Waals surface area contributed by atoms with Crippen molar-refractivity contribution in [1.82, 2.24) is 0 Å². The highest BCUT2D eigenvalue weighted by atomic mass is 35.5. The van der Waals surface area contributed by atoms with Gasteiger partial charge < -0.3 is 20.3 Å². The Balaban J connectivity index is 1.81. The summed E-state index contributed by atoms with van der Waals surface area (Å²) in [6.45, 7) is 2.28. The predicted molar refractivity (Wildman–Crippen MR) is 118 cm³/mol. The topological polar surface area (TPSA) is 94.5 Å². The first-order valence-corrected chi connectivity index (χ1v) is 10.1. The maximum atomic E-state index is 12.8. The van der Waals surface area contributed by atoms with E-state index in [2.05, 4.69) is 5.32 Å². The van der Waals surface area contributed by atoms with Gasteiger partial charge in [0, 0.05) is 23.8 Å². The standard InChI is InChI=1S/C22H18ClF3N4O3/c23-16-4-5-19(30-6-8-33-9-7-30)18(12-16)29-20(31)15(13-27)10-14-2-1-3-17(11-14)28-21(32)22(24,25)26/h1-5,10-12H,6-9H2,(H,28,32)(H,29,31)/b15-10+. The Morgan fingerprint density at radius 2 is 1.85 bits per heavy atom. The smallest absolute Gasteiger partial charge is 0.378 e. The molecule has 1 fully saturated rings. The molecular formula is C22H18ClF3N4O3. The predicted octanol–water partition coefficient (Wildman–Crippen LogP) is 4.22. The van der Waals surface area contributed by atoms with Crippen LogP contribution < -0.4 is 15.5 Å². The summed E-state index contributed by atoms with van der Waals surface area (Å²) in [5.41, 5.74) is 0.948. The number of anilines is 3. The van der Waals surface area contributed by atoms with E-state index in [-0.39, 0.29) is 16.8 Å². The third-order valence-corrected chi connectivity index (χ3v) is 4.87. The summed E-state index contributed by atoms with van der Waals surface area (Å²) in [6.07, 6.45) is -3.84. The maximum absolute atomic E-state index is 12.8. The quantitative estimate of drug-likeness (QED) is 0.495. The molecule has 3 rings (SSSR count). The fourth-order valence-electron chi connectivity index (χ4n) is 3.10. The van der Waals surface area contributed by atoms with Gasteiger partial charge in [-0.25, -0.2) is 0 Å². The summed E-state index contributed by atoms with van der Waals surface area (Å²) in [7, 11) is 0. The van der Waals surface area contributed by atoms with Crippen molar-refractivity contribution >= 4 is 46.6 Å². The van der Waals surface area contributed by atoms with Crippen LogP contribution in [0.2, 0.25) is 5.02 Å². The number of carbonyl (C=O) groups excluding carboxylic acids is 2. The first-order chi connectivity index (χ1) is 15.7. The Kier molecular flexibility index (Phi) is 7.58. The van der Waals surface area contributed by atoms with Crippen molar-refractivity contribution in [3.8, 4) is 6.07 Å². The summed E-state index contributed by atoms with van der Waals surface area (Å²) < 4.78 is 42.8. The Hall–Kier alpha value is -3.55. The van der Waals surface area contributed by atoms with Crippen molar-refractivity contribution in [3.63, 3.8) is 0 Å². The summed E-state index contributed by atoms with van der Waals surface area (Å²) in [5, 5.41) is 14.3. The van der Waals surface area contributed by atoms with Crippen LogP contribution in [0.25, 0.3) is 6.08 Å². The van der Waals surface area contributed by atoms with Crippen molar-refractivity contribution in [3.05, 3.63) is 58.6 Å². The molecule has 1 aliphatic heterocycles. The first-order valence-electron chi connectivity index (χ1n) is 9.71. The van der Waals surface area contributed by atoms with Gasteiger partial charge in [-0.05, 0) is 42.0 Å². The molecule has 0 aromatic heterocycles. The minimum absolute atomic E-state index is 0.131. The number of amides is 2. The number of nitrogens with one attached hydrogen (secondary N) is 2. The molecule has 2 aromatic rings. The number of benzene rings is 2. The van der Waals surface area contributed by atoms with E-state index in [1.807, 2.05) is 4.90 Å². The molecule has 2 amide bonds. The molecule has 1 heterocycles. The number of ether oxygens (including phenoxy) is 1. The lowest BCUT2D eigenvalue weighted by molar-refractivity contribution is -0.167. The maximum Gasteiger partial charge on any atom is 0.471 e. The molecule has 1 aliphatic rings. The first kappa shape index (κ1) is 24.1. The molecule has 0 saturated carbocycles. The van der Waals surface area contributed by atoms with E-state index in [4.69, 9.17) is 16.3 Å². The number of nitrogens with zero attached hydrogens (tertiary/aromatic N) is 2. The lowest BCUT2D eigenvalue weighted by Gasteiger charge is -2.30. The zero-order valence-corrected chi connectivity index (χ0v) is 17.8. The zero-order chi connectivity index (χ0) is 24.0. The van der Waals surface area contributed by atoms with Gasteiger partial charge in [-0.1, -0.05) is 23.7 Å². The Labute approximate surface area is 192 Å². The van der Waals surface area contributed by atoms with Crippen LogP contribution in [0.3, 0.4) is 0 Å². The molecule has 172 valence electrons. The molecule has 0 atom stereocenters. The van der Waals surface area contributed by atoms with E-state index in [0.717, 1.165) is 0 Å². The van der Waals surface area contributed by atoms with Crippen molar-refractivity contribution in [1.29, 1.82) is 5.26 Å². The number of halogens is 4. The molecule has 0 radical (unpaired) electrons. The lowest BCUT2D eigenvalue weighted by atomic mass is 10.1. The van der Waals surface area contributed by atoms with Crippen LogP contribution in [0.5, 0.6) is 0 Å². The van der Waals surface area contributed by atoms with E-state index >= 15 is 0 Å². The Morgan fingerprint density at radius 1 is 1.12 bits per heavy atom. The van der Waals surface area contributed by atoms with E-state index in [0.29, 0.717) is 42.7 Å². The average Bonchev–Trinajstić information content (AvgIpc) is 2.77. The lowest BCUT2D eigenvalue weighted by Crippen LogP contribution is -2.36. The highest BCUT2D eigenvalue weighted by molar-refractivity contribution is 6.31. The largest absolute Gasteiger partial charge is 0.471 e. The van der Waals surface area contributed by atoms with Gasteiger partial charge in [-0.3, -0.25) is 9.59 Å². The summed E-state index contributed by atoms with van der Waals surface area (Å²) in [6, 6.07) is 12.1. The normalized spacial score (nSPS) is 14.4. The van der Waals surface area contributed by atoms with E-state index in [1.165, 1.54) is 30.3 Å². The van der Waals surface area contributed by atoms with Crippen LogP contribution in [0.15, 0.2) is 48.0 Å². The Bertz CT molecular complexity index is 1120. The van der Waals surface area contributed by atoms with Gasteiger partial charge in [0.2, 0.25) is 0 Å². The van der Waals surface area contributed by atoms with E-state index in [1.54, 1.807) is 29.6 Å². The van der Waals surface area contributed by atoms with E-state index < -0.39 is 18.0 Å². The number of rotatable bonds is 5. The molecule has 7 nitrogen and oxygen atoms in total. The highest BCUT2D eigenvalue weighted by Gasteiger charge is 2.38.